The third kappa shape index (κ3) is 3.04. The predicted molar refractivity (Wildman–Crippen MR) is 84.6 cm³/mol. The molecule has 110 valence electrons. The van der Waals surface area contributed by atoms with Crippen molar-refractivity contribution in [1.82, 2.24) is 4.90 Å². The van der Waals surface area contributed by atoms with Crippen molar-refractivity contribution in [2.45, 2.75) is 64.0 Å². The van der Waals surface area contributed by atoms with Gasteiger partial charge in [-0.2, -0.15) is 0 Å². The zero-order valence-corrected chi connectivity index (χ0v) is 13.6. The average Bonchev–Trinajstić information content (AvgIpc) is 3.20. The van der Waals surface area contributed by atoms with Crippen LogP contribution >= 0.6 is 22.9 Å². The minimum atomic E-state index is 0.212. The number of hydrogen-bond donors (Lipinski definition) is 0. The van der Waals surface area contributed by atoms with E-state index in [0.29, 0.717) is 16.4 Å². The van der Waals surface area contributed by atoms with Gasteiger partial charge in [-0.25, -0.2) is 0 Å². The first-order chi connectivity index (χ1) is 9.69. The van der Waals surface area contributed by atoms with Gasteiger partial charge < -0.3 is 4.90 Å². The molecule has 4 heteroatoms. The van der Waals surface area contributed by atoms with Crippen molar-refractivity contribution in [3.8, 4) is 0 Å². The van der Waals surface area contributed by atoms with Crippen LogP contribution in [0, 0.1) is 5.92 Å². The quantitative estimate of drug-likeness (QED) is 0.768. The van der Waals surface area contributed by atoms with Gasteiger partial charge in [0.1, 0.15) is 0 Å². The molecule has 1 aromatic heterocycles. The van der Waals surface area contributed by atoms with Crippen molar-refractivity contribution < 1.29 is 4.79 Å². The molecule has 1 aromatic rings. The summed E-state index contributed by atoms with van der Waals surface area (Å²) in [5.74, 6) is 1.09. The van der Waals surface area contributed by atoms with Crippen LogP contribution in [0.15, 0.2) is 12.1 Å². The lowest BCUT2D eigenvalue weighted by Gasteiger charge is -2.37. The van der Waals surface area contributed by atoms with E-state index in [0.717, 1.165) is 10.8 Å². The fraction of sp³-hybridized carbons (Fsp3) is 0.688. The van der Waals surface area contributed by atoms with Gasteiger partial charge in [0, 0.05) is 12.1 Å². The van der Waals surface area contributed by atoms with Gasteiger partial charge in [-0.1, -0.05) is 24.9 Å². The number of carbonyl (C=O) groups excluding carboxylic acids is 1. The van der Waals surface area contributed by atoms with Crippen LogP contribution in [-0.4, -0.2) is 22.9 Å². The minimum Gasteiger partial charge on any atom is -0.332 e. The van der Waals surface area contributed by atoms with Crippen LogP contribution in [-0.2, 0) is 0 Å². The Morgan fingerprint density at radius 1 is 1.20 bits per heavy atom. The summed E-state index contributed by atoms with van der Waals surface area (Å²) in [5.41, 5.74) is 0. The van der Waals surface area contributed by atoms with E-state index < -0.39 is 0 Å². The van der Waals surface area contributed by atoms with E-state index in [1.807, 2.05) is 12.1 Å². The smallest absolute Gasteiger partial charge is 0.264 e. The average molecular weight is 312 g/mol. The molecule has 2 aliphatic carbocycles. The van der Waals surface area contributed by atoms with Crippen molar-refractivity contribution in [2.75, 3.05) is 0 Å². The molecule has 2 fully saturated rings. The number of rotatable bonds is 4. The Morgan fingerprint density at radius 3 is 2.25 bits per heavy atom. The van der Waals surface area contributed by atoms with E-state index in [1.165, 1.54) is 56.3 Å². The molecule has 0 atom stereocenters. The topological polar surface area (TPSA) is 20.3 Å². The molecule has 0 aliphatic heterocycles. The number of hydrogen-bond acceptors (Lipinski definition) is 2. The maximum atomic E-state index is 12.8. The summed E-state index contributed by atoms with van der Waals surface area (Å²) in [4.78, 5) is 15.8. The summed E-state index contributed by atoms with van der Waals surface area (Å²) < 4.78 is 0.707. The zero-order valence-electron chi connectivity index (χ0n) is 12.0. The SMILES string of the molecule is CCC1CCC(N(C(=O)c2ccc(Cl)s2)C2CC2)CC1. The lowest BCUT2D eigenvalue weighted by atomic mass is 9.84. The minimum absolute atomic E-state index is 0.212. The van der Waals surface area contributed by atoms with Gasteiger partial charge in [0.15, 0.2) is 0 Å². The molecule has 0 spiro atoms. The largest absolute Gasteiger partial charge is 0.332 e. The molecule has 2 aliphatic rings. The number of halogens is 1. The molecule has 1 amide bonds. The fourth-order valence-corrected chi connectivity index (χ4v) is 4.36. The Hall–Kier alpha value is -0.540. The summed E-state index contributed by atoms with van der Waals surface area (Å²) in [6.45, 7) is 2.28. The van der Waals surface area contributed by atoms with Crippen molar-refractivity contribution >= 4 is 28.8 Å². The van der Waals surface area contributed by atoms with E-state index in [9.17, 15) is 4.79 Å². The maximum Gasteiger partial charge on any atom is 0.264 e. The lowest BCUT2D eigenvalue weighted by Crippen LogP contribution is -2.43. The van der Waals surface area contributed by atoms with E-state index >= 15 is 0 Å². The van der Waals surface area contributed by atoms with Gasteiger partial charge in [0.25, 0.3) is 5.91 Å². The highest BCUT2D eigenvalue weighted by molar-refractivity contribution is 7.17. The molecule has 2 saturated carbocycles. The molecule has 0 saturated heterocycles. The molecule has 20 heavy (non-hydrogen) atoms. The number of thiophene rings is 1. The van der Waals surface area contributed by atoms with E-state index in [2.05, 4.69) is 11.8 Å². The van der Waals surface area contributed by atoms with E-state index in [1.54, 1.807) is 0 Å². The van der Waals surface area contributed by atoms with Crippen LogP contribution < -0.4 is 0 Å². The van der Waals surface area contributed by atoms with Gasteiger partial charge in [-0.05, 0) is 56.6 Å². The van der Waals surface area contributed by atoms with Crippen LogP contribution in [0.4, 0.5) is 0 Å². The Balaban J connectivity index is 1.71. The number of amides is 1. The number of nitrogens with zero attached hydrogens (tertiary/aromatic N) is 1. The highest BCUT2D eigenvalue weighted by Crippen LogP contribution is 2.38. The highest BCUT2D eigenvalue weighted by Gasteiger charge is 2.39. The standard InChI is InChI=1S/C16H22ClNOS/c1-2-11-3-5-12(6-4-11)18(13-7-8-13)16(19)14-9-10-15(17)20-14/h9-13H,2-8H2,1H3. The second kappa shape index (κ2) is 6.07. The predicted octanol–water partition coefficient (Wildman–Crippen LogP) is 4.97. The first-order valence-electron chi connectivity index (χ1n) is 7.77. The summed E-state index contributed by atoms with van der Waals surface area (Å²) >= 11 is 7.39. The van der Waals surface area contributed by atoms with Crippen LogP contribution in [0.3, 0.4) is 0 Å². The van der Waals surface area contributed by atoms with Gasteiger partial charge in [0.2, 0.25) is 0 Å². The first kappa shape index (κ1) is 14.4. The molecule has 2 nitrogen and oxygen atoms in total. The van der Waals surface area contributed by atoms with Crippen molar-refractivity contribution in [3.63, 3.8) is 0 Å². The molecule has 1 heterocycles. The molecule has 0 N–H and O–H groups in total. The summed E-state index contributed by atoms with van der Waals surface area (Å²) in [7, 11) is 0. The van der Waals surface area contributed by atoms with Gasteiger partial charge in [-0.15, -0.1) is 11.3 Å². The maximum absolute atomic E-state index is 12.8. The Morgan fingerprint density at radius 2 is 1.80 bits per heavy atom. The fourth-order valence-electron chi connectivity index (χ4n) is 3.37. The van der Waals surface area contributed by atoms with E-state index in [-0.39, 0.29) is 5.91 Å². The second-order valence-electron chi connectivity index (χ2n) is 6.13. The van der Waals surface area contributed by atoms with Crippen LogP contribution in [0.5, 0.6) is 0 Å². The molecule has 3 rings (SSSR count). The van der Waals surface area contributed by atoms with Crippen LogP contribution in [0.25, 0.3) is 0 Å². The van der Waals surface area contributed by atoms with E-state index in [4.69, 9.17) is 11.6 Å². The molecule has 0 unspecified atom stereocenters. The summed E-state index contributed by atoms with van der Waals surface area (Å²) in [6, 6.07) is 4.66. The van der Waals surface area contributed by atoms with Gasteiger partial charge in [-0.3, -0.25) is 4.79 Å². The molecule has 0 bridgehead atoms. The van der Waals surface area contributed by atoms with Crippen molar-refractivity contribution in [3.05, 3.63) is 21.3 Å². The summed E-state index contributed by atoms with van der Waals surface area (Å²) in [5, 5.41) is 0. The third-order valence-electron chi connectivity index (χ3n) is 4.75. The van der Waals surface area contributed by atoms with Gasteiger partial charge >= 0.3 is 0 Å². The third-order valence-corrected chi connectivity index (χ3v) is 5.96. The number of carbonyl (C=O) groups is 1. The van der Waals surface area contributed by atoms with Crippen molar-refractivity contribution in [2.24, 2.45) is 5.92 Å². The second-order valence-corrected chi connectivity index (χ2v) is 7.85. The van der Waals surface area contributed by atoms with Crippen LogP contribution in [0.1, 0.15) is 61.5 Å². The molecule has 0 radical (unpaired) electrons. The van der Waals surface area contributed by atoms with Crippen LogP contribution in [0.2, 0.25) is 4.34 Å². The lowest BCUT2D eigenvalue weighted by molar-refractivity contribution is 0.0592. The Bertz CT molecular complexity index is 475. The first-order valence-corrected chi connectivity index (χ1v) is 8.96. The Labute approximate surface area is 130 Å². The van der Waals surface area contributed by atoms with Crippen molar-refractivity contribution in [1.29, 1.82) is 0 Å². The Kier molecular flexibility index (Phi) is 4.37. The van der Waals surface area contributed by atoms with Gasteiger partial charge in [0.05, 0.1) is 9.21 Å². The normalized spacial score (nSPS) is 26.5. The zero-order chi connectivity index (χ0) is 14.1. The summed E-state index contributed by atoms with van der Waals surface area (Å²) in [6.07, 6.45) is 8.56. The molecular weight excluding hydrogens is 290 g/mol. The molecular formula is C16H22ClNOS. The highest BCUT2D eigenvalue weighted by atomic mass is 35.5. The molecule has 0 aromatic carbocycles. The monoisotopic (exact) mass is 311 g/mol.